The zero-order valence-electron chi connectivity index (χ0n) is 16.1. The van der Waals surface area contributed by atoms with E-state index < -0.39 is 36.1 Å². The quantitative estimate of drug-likeness (QED) is 0.283. The topological polar surface area (TPSA) is 118 Å². The van der Waals surface area contributed by atoms with Crippen LogP contribution in [0.25, 0.3) is 0 Å². The van der Waals surface area contributed by atoms with Crippen molar-refractivity contribution in [3.8, 4) is 0 Å². The molecule has 3 rings (SSSR count). The minimum absolute atomic E-state index is 0.169. The number of amides is 1. The van der Waals surface area contributed by atoms with Crippen molar-refractivity contribution in [2.24, 2.45) is 22.8 Å². The van der Waals surface area contributed by atoms with Gasteiger partial charge < -0.3 is 14.6 Å². The van der Waals surface area contributed by atoms with Crippen LogP contribution in [0.3, 0.4) is 0 Å². The lowest BCUT2D eigenvalue weighted by Crippen LogP contribution is -2.45. The number of alkyl halides is 3. The number of nitrogens with one attached hydrogen (secondary N) is 2. The molecule has 0 spiro atoms. The third-order valence-electron chi connectivity index (χ3n) is 5.13. The molecule has 5 unspecified atom stereocenters. The second-order valence-electron chi connectivity index (χ2n) is 7.04. The number of hydrogen-bond acceptors (Lipinski definition) is 7. The van der Waals surface area contributed by atoms with Crippen molar-refractivity contribution in [1.82, 2.24) is 10.9 Å². The monoisotopic (exact) mass is 428 g/mol. The summed E-state index contributed by atoms with van der Waals surface area (Å²) in [6, 6.07) is -1.90. The minimum Gasteiger partial charge on any atom is -0.484 e. The van der Waals surface area contributed by atoms with E-state index in [1.165, 1.54) is 25.3 Å². The number of halogens is 3. The highest BCUT2D eigenvalue weighted by molar-refractivity contribution is 5.96. The molecule has 0 saturated heterocycles. The number of hydrazone groups is 1. The second-order valence-corrected chi connectivity index (χ2v) is 7.04. The van der Waals surface area contributed by atoms with Crippen molar-refractivity contribution in [2.75, 3.05) is 13.7 Å². The lowest BCUT2D eigenvalue weighted by Gasteiger charge is -2.30. The van der Waals surface area contributed by atoms with Gasteiger partial charge in [0.05, 0.1) is 23.8 Å². The van der Waals surface area contributed by atoms with Crippen LogP contribution >= 0.6 is 0 Å². The van der Waals surface area contributed by atoms with Crippen LogP contribution in [0, 0.1) is 11.8 Å². The summed E-state index contributed by atoms with van der Waals surface area (Å²) in [5, 5.41) is 14.5. The van der Waals surface area contributed by atoms with Crippen LogP contribution in [-0.2, 0) is 14.3 Å². The van der Waals surface area contributed by atoms with Gasteiger partial charge in [0.25, 0.3) is 5.91 Å². The number of carbonyl (C=O) groups is 1. The number of ether oxygens (including phenoxy) is 2. The molecule has 1 heterocycles. The normalized spacial score (nSPS) is 30.9. The van der Waals surface area contributed by atoms with E-state index in [2.05, 4.69) is 10.5 Å². The minimum atomic E-state index is -4.54. The highest BCUT2D eigenvalue weighted by atomic mass is 19.4. The van der Waals surface area contributed by atoms with E-state index in [0.717, 1.165) is 0 Å². The average Bonchev–Trinajstić information content (AvgIpc) is 3.17. The molecular weight excluding hydrogens is 405 g/mol. The van der Waals surface area contributed by atoms with Crippen molar-refractivity contribution >= 4 is 11.6 Å². The summed E-state index contributed by atoms with van der Waals surface area (Å²) in [5.74, 6) is 2.73. The third kappa shape index (κ3) is 4.74. The molecule has 8 nitrogen and oxygen atoms in total. The van der Waals surface area contributed by atoms with Crippen molar-refractivity contribution in [2.45, 2.75) is 30.8 Å². The molecular formula is C19H23F3N4O4. The van der Waals surface area contributed by atoms with Crippen LogP contribution < -0.4 is 16.7 Å². The molecule has 0 radical (unpaired) electrons. The Morgan fingerprint density at radius 2 is 2.17 bits per heavy atom. The number of hydrogen-bond donors (Lipinski definition) is 4. The van der Waals surface area contributed by atoms with Gasteiger partial charge in [0.15, 0.2) is 12.6 Å². The lowest BCUT2D eigenvalue weighted by molar-refractivity contribution is -0.157. The Bertz CT molecular complexity index is 819. The zero-order chi connectivity index (χ0) is 21.9. The summed E-state index contributed by atoms with van der Waals surface area (Å²) < 4.78 is 51.4. The molecule has 30 heavy (non-hydrogen) atoms. The number of nitrogens with zero attached hydrogens (tertiary/aromatic N) is 1. The summed E-state index contributed by atoms with van der Waals surface area (Å²) in [5.41, 5.74) is 4.72. The summed E-state index contributed by atoms with van der Waals surface area (Å²) >= 11 is 0. The maximum Gasteiger partial charge on any atom is 0.411 e. The van der Waals surface area contributed by atoms with E-state index in [9.17, 15) is 23.1 Å². The standard InChI is InChI=1S/C19H23F3N4O4/c1-29-11-4-2-10(3-5-11)16-17(25-26-18(16)19(20,21)22)13-7-6-12(8-14(13)27)30-9-15(28)24-23/h2-4,6-8,11,13-14,16,18,26-27H,5,9,23H2,1H3,(H,24,28). The highest BCUT2D eigenvalue weighted by Crippen LogP contribution is 2.39. The molecule has 0 aromatic heterocycles. The molecule has 5 atom stereocenters. The highest BCUT2D eigenvalue weighted by Gasteiger charge is 2.52. The molecule has 0 saturated carbocycles. The first-order valence-electron chi connectivity index (χ1n) is 9.25. The van der Waals surface area contributed by atoms with Crippen molar-refractivity contribution in [1.29, 1.82) is 0 Å². The van der Waals surface area contributed by atoms with Gasteiger partial charge >= 0.3 is 6.18 Å². The first kappa shape index (κ1) is 22.1. The van der Waals surface area contributed by atoms with E-state index in [0.29, 0.717) is 12.0 Å². The lowest BCUT2D eigenvalue weighted by atomic mass is 9.77. The third-order valence-corrected chi connectivity index (χ3v) is 5.13. The number of aliphatic hydroxyl groups is 1. The Kier molecular flexibility index (Phi) is 6.64. The SMILES string of the molecule is COC1C=CC(C2C(C3C=CC(OCC(=O)NN)=CC3O)=NNC2C(F)(F)F)=CC1. The van der Waals surface area contributed by atoms with Gasteiger partial charge in [0.1, 0.15) is 5.76 Å². The fraction of sp³-hybridized carbons (Fsp3) is 0.474. The fourth-order valence-corrected chi connectivity index (χ4v) is 3.59. The Hall–Kier alpha value is -2.63. The van der Waals surface area contributed by atoms with E-state index >= 15 is 0 Å². The number of aliphatic hydroxyl groups excluding tert-OH is 1. The fourth-order valence-electron chi connectivity index (χ4n) is 3.59. The Balaban J connectivity index is 1.80. The molecule has 164 valence electrons. The van der Waals surface area contributed by atoms with Gasteiger partial charge in [0.2, 0.25) is 0 Å². The van der Waals surface area contributed by atoms with Gasteiger partial charge in [0, 0.05) is 13.0 Å². The number of allylic oxidation sites excluding steroid dienone is 2. The average molecular weight is 428 g/mol. The molecule has 0 bridgehead atoms. The molecule has 1 aliphatic heterocycles. The summed E-state index contributed by atoms with van der Waals surface area (Å²) in [4.78, 5) is 11.2. The van der Waals surface area contributed by atoms with E-state index in [4.69, 9.17) is 15.3 Å². The van der Waals surface area contributed by atoms with Gasteiger partial charge in [-0.05, 0) is 24.1 Å². The number of carbonyl (C=O) groups excluding carboxylic acids is 1. The molecule has 5 N–H and O–H groups in total. The predicted octanol–water partition coefficient (Wildman–Crippen LogP) is 0.831. The van der Waals surface area contributed by atoms with Crippen LogP contribution in [0.15, 0.2) is 52.9 Å². The molecule has 0 aromatic carbocycles. The number of hydrazine groups is 1. The molecule has 11 heteroatoms. The van der Waals surface area contributed by atoms with Crippen molar-refractivity contribution in [3.63, 3.8) is 0 Å². The maximum absolute atomic E-state index is 13.6. The Labute approximate surface area is 170 Å². The van der Waals surface area contributed by atoms with Gasteiger partial charge in [-0.15, -0.1) is 0 Å². The van der Waals surface area contributed by atoms with Crippen LogP contribution in [0.4, 0.5) is 13.2 Å². The second kappa shape index (κ2) is 9.02. The molecule has 2 aliphatic carbocycles. The smallest absolute Gasteiger partial charge is 0.411 e. The van der Waals surface area contributed by atoms with Gasteiger partial charge in [-0.25, -0.2) is 5.84 Å². The molecule has 3 aliphatic rings. The number of nitrogens with two attached hydrogens (primary N) is 1. The molecule has 1 amide bonds. The van der Waals surface area contributed by atoms with Crippen LogP contribution in [0.2, 0.25) is 0 Å². The van der Waals surface area contributed by atoms with Crippen LogP contribution in [-0.4, -0.2) is 54.9 Å². The number of methoxy groups -OCH3 is 1. The van der Waals surface area contributed by atoms with E-state index in [-0.39, 0.29) is 24.2 Å². The van der Waals surface area contributed by atoms with E-state index in [1.807, 2.05) is 5.43 Å². The first-order valence-corrected chi connectivity index (χ1v) is 9.25. The van der Waals surface area contributed by atoms with Gasteiger partial charge in [-0.3, -0.25) is 15.6 Å². The van der Waals surface area contributed by atoms with Crippen LogP contribution in [0.5, 0.6) is 0 Å². The summed E-state index contributed by atoms with van der Waals surface area (Å²) in [6.07, 6.45) is 3.87. The summed E-state index contributed by atoms with van der Waals surface area (Å²) in [6.45, 7) is -0.357. The Morgan fingerprint density at radius 3 is 2.73 bits per heavy atom. The van der Waals surface area contributed by atoms with Crippen LogP contribution in [0.1, 0.15) is 6.42 Å². The predicted molar refractivity (Wildman–Crippen MR) is 102 cm³/mol. The zero-order valence-corrected chi connectivity index (χ0v) is 16.1. The first-order chi connectivity index (χ1) is 14.2. The Morgan fingerprint density at radius 1 is 1.40 bits per heavy atom. The van der Waals surface area contributed by atoms with E-state index in [1.54, 1.807) is 18.2 Å². The molecule has 0 fully saturated rings. The van der Waals surface area contributed by atoms with Gasteiger partial charge in [-0.2, -0.15) is 18.3 Å². The van der Waals surface area contributed by atoms with Crippen molar-refractivity contribution in [3.05, 3.63) is 47.8 Å². The number of rotatable bonds is 6. The van der Waals surface area contributed by atoms with Gasteiger partial charge in [-0.1, -0.05) is 24.3 Å². The van der Waals surface area contributed by atoms with Crippen molar-refractivity contribution < 1.29 is 32.5 Å². The summed E-state index contributed by atoms with van der Waals surface area (Å²) in [7, 11) is 1.53. The maximum atomic E-state index is 13.6. The molecule has 0 aromatic rings. The largest absolute Gasteiger partial charge is 0.484 e.